The van der Waals surface area contributed by atoms with Gasteiger partial charge in [-0.15, -0.1) is 23.2 Å². The molecule has 1 aliphatic rings. The number of carbonyl (C=O) groups is 2. The van der Waals surface area contributed by atoms with Crippen LogP contribution in [0.5, 0.6) is 0 Å². The van der Waals surface area contributed by atoms with Crippen molar-refractivity contribution in [3.05, 3.63) is 22.5 Å². The Balaban J connectivity index is 3.73. The zero-order chi connectivity index (χ0) is 19.5. The van der Waals surface area contributed by atoms with Crippen LogP contribution < -0.4 is 0 Å². The number of allylic oxidation sites excluding steroid dienone is 2. The van der Waals surface area contributed by atoms with Crippen LogP contribution in [-0.4, -0.2) is 44.4 Å². The second kappa shape index (κ2) is 8.45. The third-order valence-electron chi connectivity index (χ3n) is 5.16. The summed E-state index contributed by atoms with van der Waals surface area (Å²) in [7, 11) is 0. The number of aliphatic carboxylic acids is 2. The fraction of sp³-hybridized carbons (Fsp3) is 0.667. The number of rotatable bonds is 8. The SMILES string of the molecule is CCC(Cl)C(Cl)CC1(CC)C(C(=O)O)=C(C)N(CC)C(C)=C1C(=O)O. The molecule has 0 spiro atoms. The van der Waals surface area contributed by atoms with E-state index in [4.69, 9.17) is 23.2 Å². The number of carboxylic acids is 2. The molecule has 2 atom stereocenters. The summed E-state index contributed by atoms with van der Waals surface area (Å²) < 4.78 is 0. The Labute approximate surface area is 159 Å². The molecule has 2 unspecified atom stereocenters. The second-order valence-electron chi connectivity index (χ2n) is 6.36. The fourth-order valence-corrected chi connectivity index (χ4v) is 4.48. The average Bonchev–Trinajstić information content (AvgIpc) is 2.53. The molecule has 0 aromatic rings. The number of hydrogen-bond acceptors (Lipinski definition) is 3. The van der Waals surface area contributed by atoms with Crippen LogP contribution in [0.3, 0.4) is 0 Å². The van der Waals surface area contributed by atoms with Crippen molar-refractivity contribution in [2.24, 2.45) is 5.41 Å². The van der Waals surface area contributed by atoms with Gasteiger partial charge in [-0.25, -0.2) is 9.59 Å². The van der Waals surface area contributed by atoms with Gasteiger partial charge < -0.3 is 15.1 Å². The lowest BCUT2D eigenvalue weighted by Gasteiger charge is -2.45. The lowest BCUT2D eigenvalue weighted by molar-refractivity contribution is -0.135. The fourth-order valence-electron chi connectivity index (χ4n) is 3.95. The maximum atomic E-state index is 12.1. The summed E-state index contributed by atoms with van der Waals surface area (Å²) in [6, 6.07) is 0. The number of halogens is 2. The summed E-state index contributed by atoms with van der Waals surface area (Å²) in [4.78, 5) is 26.0. The zero-order valence-electron chi connectivity index (χ0n) is 15.4. The lowest BCUT2D eigenvalue weighted by atomic mass is 9.65. The second-order valence-corrected chi connectivity index (χ2v) is 7.48. The quantitative estimate of drug-likeness (QED) is 0.597. The van der Waals surface area contributed by atoms with E-state index >= 15 is 0 Å². The molecule has 7 heteroatoms. The van der Waals surface area contributed by atoms with Crippen LogP contribution in [0, 0.1) is 5.41 Å². The van der Waals surface area contributed by atoms with E-state index in [-0.39, 0.29) is 22.9 Å². The summed E-state index contributed by atoms with van der Waals surface area (Å²) in [5.41, 5.74) is 0.152. The van der Waals surface area contributed by atoms with Crippen LogP contribution in [-0.2, 0) is 9.59 Å². The molecular formula is C18H27Cl2NO4. The lowest BCUT2D eigenvalue weighted by Crippen LogP contribution is -2.44. The minimum Gasteiger partial charge on any atom is -0.478 e. The van der Waals surface area contributed by atoms with Crippen molar-refractivity contribution in [3.8, 4) is 0 Å². The Morgan fingerprint density at radius 2 is 1.44 bits per heavy atom. The predicted octanol–water partition coefficient (Wildman–Crippen LogP) is 4.45. The van der Waals surface area contributed by atoms with Gasteiger partial charge in [0.2, 0.25) is 0 Å². The molecule has 0 aromatic carbocycles. The van der Waals surface area contributed by atoms with Gasteiger partial charge >= 0.3 is 11.9 Å². The monoisotopic (exact) mass is 391 g/mol. The highest BCUT2D eigenvalue weighted by Gasteiger charge is 2.50. The van der Waals surface area contributed by atoms with Gasteiger partial charge in [0.25, 0.3) is 0 Å². The summed E-state index contributed by atoms with van der Waals surface area (Å²) >= 11 is 12.7. The van der Waals surface area contributed by atoms with E-state index in [1.807, 2.05) is 13.8 Å². The first-order valence-corrected chi connectivity index (χ1v) is 9.41. The van der Waals surface area contributed by atoms with E-state index in [9.17, 15) is 19.8 Å². The van der Waals surface area contributed by atoms with Crippen molar-refractivity contribution in [3.63, 3.8) is 0 Å². The Bertz CT molecular complexity index is 574. The zero-order valence-corrected chi connectivity index (χ0v) is 16.9. The van der Waals surface area contributed by atoms with Gasteiger partial charge in [-0.2, -0.15) is 0 Å². The van der Waals surface area contributed by atoms with Crippen molar-refractivity contribution < 1.29 is 19.8 Å². The van der Waals surface area contributed by atoms with Gasteiger partial charge in [0.15, 0.2) is 0 Å². The number of carboxylic acid groups (broad SMARTS) is 2. The molecule has 1 aliphatic heterocycles. The standard InChI is InChI=1S/C18H27Cl2NO4/c1-6-12(19)13(20)9-18(7-2)14(16(22)23)10(4)21(8-3)11(5)15(18)17(24)25/h12-13H,6-9H2,1-5H3,(H,22,23)(H,24,25). The van der Waals surface area contributed by atoms with Gasteiger partial charge in [0.1, 0.15) is 0 Å². The van der Waals surface area contributed by atoms with Gasteiger partial charge in [-0.3, -0.25) is 0 Å². The molecule has 0 aliphatic carbocycles. The Hall–Kier alpha value is -1.20. The third-order valence-corrected chi connectivity index (χ3v) is 6.36. The first-order chi connectivity index (χ1) is 11.6. The molecule has 5 nitrogen and oxygen atoms in total. The van der Waals surface area contributed by atoms with E-state index in [2.05, 4.69) is 0 Å². The van der Waals surface area contributed by atoms with E-state index in [0.29, 0.717) is 30.8 Å². The molecule has 0 fully saturated rings. The summed E-state index contributed by atoms with van der Waals surface area (Å²) in [5, 5.41) is 18.9. The Kier molecular flexibility index (Phi) is 7.39. The van der Waals surface area contributed by atoms with Crippen molar-refractivity contribution in [2.75, 3.05) is 6.54 Å². The molecule has 0 amide bonds. The summed E-state index contributed by atoms with van der Waals surface area (Å²) in [5.74, 6) is -2.23. The molecule has 0 saturated carbocycles. The minimum atomic E-state index is -1.17. The molecule has 2 N–H and O–H groups in total. The number of hydrogen-bond donors (Lipinski definition) is 2. The average molecular weight is 392 g/mol. The molecule has 0 aromatic heterocycles. The minimum absolute atomic E-state index is 0.102. The van der Waals surface area contributed by atoms with E-state index in [1.54, 1.807) is 25.7 Å². The number of nitrogens with zero attached hydrogens (tertiary/aromatic N) is 1. The molecule has 1 heterocycles. The first kappa shape index (κ1) is 21.8. The molecule has 0 bridgehead atoms. The predicted molar refractivity (Wildman–Crippen MR) is 100.0 cm³/mol. The topological polar surface area (TPSA) is 77.8 Å². The number of alkyl halides is 2. The highest BCUT2D eigenvalue weighted by Crippen LogP contribution is 2.51. The highest BCUT2D eigenvalue weighted by molar-refractivity contribution is 6.30. The third kappa shape index (κ3) is 3.82. The maximum absolute atomic E-state index is 12.1. The van der Waals surface area contributed by atoms with Gasteiger partial charge in [0, 0.05) is 28.7 Å². The van der Waals surface area contributed by atoms with Crippen LogP contribution in [0.1, 0.15) is 53.9 Å². The molecule has 0 radical (unpaired) electrons. The van der Waals surface area contributed by atoms with Crippen LogP contribution in [0.4, 0.5) is 0 Å². The van der Waals surface area contributed by atoms with E-state index < -0.39 is 22.7 Å². The van der Waals surface area contributed by atoms with Crippen molar-refractivity contribution in [1.82, 2.24) is 4.90 Å². The van der Waals surface area contributed by atoms with Gasteiger partial charge in [-0.05, 0) is 40.0 Å². The van der Waals surface area contributed by atoms with E-state index in [0.717, 1.165) is 0 Å². The molecule has 1 rings (SSSR count). The van der Waals surface area contributed by atoms with Gasteiger partial charge in [0.05, 0.1) is 16.5 Å². The Morgan fingerprint density at radius 1 is 1.00 bits per heavy atom. The summed E-state index contributed by atoms with van der Waals surface area (Å²) in [6.45, 7) is 9.49. The van der Waals surface area contributed by atoms with Crippen molar-refractivity contribution in [1.29, 1.82) is 0 Å². The van der Waals surface area contributed by atoms with Crippen LogP contribution >= 0.6 is 23.2 Å². The van der Waals surface area contributed by atoms with Crippen molar-refractivity contribution in [2.45, 2.75) is 64.6 Å². The smallest absolute Gasteiger partial charge is 0.334 e. The van der Waals surface area contributed by atoms with Crippen molar-refractivity contribution >= 4 is 35.1 Å². The Morgan fingerprint density at radius 3 is 1.72 bits per heavy atom. The van der Waals surface area contributed by atoms with Crippen LogP contribution in [0.2, 0.25) is 0 Å². The molecule has 0 saturated heterocycles. The van der Waals surface area contributed by atoms with Crippen LogP contribution in [0.15, 0.2) is 22.5 Å². The molecule has 142 valence electrons. The normalized spacial score (nSPS) is 19.9. The maximum Gasteiger partial charge on any atom is 0.334 e. The largest absolute Gasteiger partial charge is 0.478 e. The first-order valence-electron chi connectivity index (χ1n) is 8.53. The molecule has 25 heavy (non-hydrogen) atoms. The van der Waals surface area contributed by atoms with Gasteiger partial charge in [-0.1, -0.05) is 13.8 Å². The highest BCUT2D eigenvalue weighted by atomic mass is 35.5. The molecular weight excluding hydrogens is 365 g/mol. The summed E-state index contributed by atoms with van der Waals surface area (Å²) in [6.07, 6.45) is 1.11. The van der Waals surface area contributed by atoms with E-state index in [1.165, 1.54) is 0 Å². The van der Waals surface area contributed by atoms with Crippen LogP contribution in [0.25, 0.3) is 0 Å².